The Kier molecular flexibility index (Phi) is 6.77. The Hall–Kier alpha value is -2.57. The second-order valence-corrected chi connectivity index (χ2v) is 7.21. The standard InChI is InChI=1S/C21H22Cl2N2O4/c1-27-15-11-18(28-2)20(19(12-15)29-3)13-6-8-25(9-7-13)21(26)24-14-4-5-16(22)17(23)10-14/h4-6,10-12H,7-9H2,1-3H3,(H,24,26). The molecule has 0 bridgehead atoms. The zero-order valence-corrected chi connectivity index (χ0v) is 17.9. The third-order valence-electron chi connectivity index (χ3n) is 4.70. The molecule has 1 aliphatic heterocycles. The van der Waals surface area contributed by atoms with Crippen LogP contribution >= 0.6 is 23.2 Å². The molecule has 0 unspecified atom stereocenters. The maximum atomic E-state index is 12.6. The van der Waals surface area contributed by atoms with E-state index in [0.717, 1.165) is 11.1 Å². The number of anilines is 1. The molecule has 1 aliphatic rings. The molecule has 154 valence electrons. The average molecular weight is 437 g/mol. The quantitative estimate of drug-likeness (QED) is 0.686. The average Bonchev–Trinajstić information content (AvgIpc) is 2.75. The maximum absolute atomic E-state index is 12.6. The molecule has 0 saturated carbocycles. The highest BCUT2D eigenvalue weighted by Gasteiger charge is 2.23. The summed E-state index contributed by atoms with van der Waals surface area (Å²) in [5.74, 6) is 1.99. The van der Waals surface area contributed by atoms with Gasteiger partial charge in [0.25, 0.3) is 0 Å². The zero-order chi connectivity index (χ0) is 21.0. The lowest BCUT2D eigenvalue weighted by atomic mass is 9.97. The molecule has 0 aromatic heterocycles. The number of benzene rings is 2. The highest BCUT2D eigenvalue weighted by atomic mass is 35.5. The van der Waals surface area contributed by atoms with Crippen LogP contribution in [0.3, 0.4) is 0 Å². The molecular weight excluding hydrogens is 415 g/mol. The summed E-state index contributed by atoms with van der Waals surface area (Å²) in [4.78, 5) is 14.3. The van der Waals surface area contributed by atoms with Crippen LogP contribution in [0.5, 0.6) is 17.2 Å². The molecule has 2 aromatic carbocycles. The van der Waals surface area contributed by atoms with E-state index >= 15 is 0 Å². The predicted molar refractivity (Wildman–Crippen MR) is 116 cm³/mol. The maximum Gasteiger partial charge on any atom is 0.322 e. The van der Waals surface area contributed by atoms with Crippen molar-refractivity contribution in [2.75, 3.05) is 39.7 Å². The number of rotatable bonds is 5. The van der Waals surface area contributed by atoms with Gasteiger partial charge in [-0.3, -0.25) is 0 Å². The molecule has 0 radical (unpaired) electrons. The predicted octanol–water partition coefficient (Wildman–Crippen LogP) is 5.34. The smallest absolute Gasteiger partial charge is 0.322 e. The van der Waals surface area contributed by atoms with Crippen LogP contribution in [-0.4, -0.2) is 45.3 Å². The van der Waals surface area contributed by atoms with Gasteiger partial charge in [-0.25, -0.2) is 4.79 Å². The summed E-state index contributed by atoms with van der Waals surface area (Å²) < 4.78 is 16.4. The van der Waals surface area contributed by atoms with Crippen molar-refractivity contribution in [1.29, 1.82) is 0 Å². The second kappa shape index (κ2) is 9.29. The van der Waals surface area contributed by atoms with Crippen molar-refractivity contribution in [2.45, 2.75) is 6.42 Å². The van der Waals surface area contributed by atoms with Gasteiger partial charge in [-0.1, -0.05) is 29.3 Å². The Morgan fingerprint density at radius 1 is 1.00 bits per heavy atom. The third kappa shape index (κ3) is 4.71. The van der Waals surface area contributed by atoms with E-state index in [2.05, 4.69) is 5.32 Å². The molecule has 6 nitrogen and oxygen atoms in total. The van der Waals surface area contributed by atoms with Crippen molar-refractivity contribution < 1.29 is 19.0 Å². The number of urea groups is 1. The number of halogens is 2. The lowest BCUT2D eigenvalue weighted by molar-refractivity contribution is 0.217. The fourth-order valence-electron chi connectivity index (χ4n) is 3.18. The molecule has 2 aromatic rings. The molecular formula is C21H22Cl2N2O4. The van der Waals surface area contributed by atoms with Gasteiger partial charge in [0.05, 0.1) is 36.9 Å². The Morgan fingerprint density at radius 3 is 2.21 bits per heavy atom. The first kappa shape index (κ1) is 21.1. The lowest BCUT2D eigenvalue weighted by Crippen LogP contribution is -2.37. The van der Waals surface area contributed by atoms with Gasteiger partial charge in [0.2, 0.25) is 0 Å². The summed E-state index contributed by atoms with van der Waals surface area (Å²) >= 11 is 11.9. The van der Waals surface area contributed by atoms with Gasteiger partial charge >= 0.3 is 6.03 Å². The third-order valence-corrected chi connectivity index (χ3v) is 5.44. The molecule has 8 heteroatoms. The van der Waals surface area contributed by atoms with Crippen LogP contribution < -0.4 is 19.5 Å². The van der Waals surface area contributed by atoms with Crippen molar-refractivity contribution >= 4 is 40.5 Å². The number of hydrogen-bond acceptors (Lipinski definition) is 4. The summed E-state index contributed by atoms with van der Waals surface area (Å²) in [6, 6.07) is 8.43. The number of nitrogens with one attached hydrogen (secondary N) is 1. The fourth-order valence-corrected chi connectivity index (χ4v) is 3.48. The van der Waals surface area contributed by atoms with E-state index in [0.29, 0.717) is 52.5 Å². The van der Waals surface area contributed by atoms with Crippen molar-refractivity contribution in [2.24, 2.45) is 0 Å². The van der Waals surface area contributed by atoms with E-state index in [9.17, 15) is 4.79 Å². The van der Waals surface area contributed by atoms with Gasteiger partial charge in [0, 0.05) is 30.9 Å². The molecule has 0 saturated heterocycles. The first-order valence-electron chi connectivity index (χ1n) is 8.97. The van der Waals surface area contributed by atoms with Crippen molar-refractivity contribution in [3.63, 3.8) is 0 Å². The molecule has 1 N–H and O–H groups in total. The van der Waals surface area contributed by atoms with Crippen molar-refractivity contribution in [1.82, 2.24) is 4.90 Å². The van der Waals surface area contributed by atoms with Crippen LogP contribution in [0, 0.1) is 0 Å². The molecule has 0 spiro atoms. The van der Waals surface area contributed by atoms with Crippen LogP contribution in [0.2, 0.25) is 10.0 Å². The SMILES string of the molecule is COc1cc(OC)c(C2=CCN(C(=O)Nc3ccc(Cl)c(Cl)c3)CC2)c(OC)c1. The van der Waals surface area contributed by atoms with E-state index in [1.54, 1.807) is 44.4 Å². The fraction of sp³-hybridized carbons (Fsp3) is 0.286. The Morgan fingerprint density at radius 2 is 1.69 bits per heavy atom. The van der Waals surface area contributed by atoms with Crippen LogP contribution in [0.15, 0.2) is 36.4 Å². The molecule has 0 atom stereocenters. The number of carbonyl (C=O) groups excluding carboxylic acids is 1. The van der Waals surface area contributed by atoms with Gasteiger partial charge < -0.3 is 24.4 Å². The van der Waals surface area contributed by atoms with Crippen molar-refractivity contribution in [3.8, 4) is 17.2 Å². The van der Waals surface area contributed by atoms with E-state index in [1.807, 2.05) is 18.2 Å². The van der Waals surface area contributed by atoms with E-state index in [-0.39, 0.29) is 6.03 Å². The van der Waals surface area contributed by atoms with Gasteiger partial charge in [-0.15, -0.1) is 0 Å². The van der Waals surface area contributed by atoms with E-state index in [4.69, 9.17) is 37.4 Å². The summed E-state index contributed by atoms with van der Waals surface area (Å²) in [6.07, 6.45) is 2.67. The molecule has 0 aliphatic carbocycles. The molecule has 1 heterocycles. The summed E-state index contributed by atoms with van der Waals surface area (Å²) in [5, 5.41) is 3.68. The van der Waals surface area contributed by atoms with Crippen LogP contribution in [0.4, 0.5) is 10.5 Å². The molecule has 0 fully saturated rings. The minimum absolute atomic E-state index is 0.202. The Labute approximate surface area is 179 Å². The highest BCUT2D eigenvalue weighted by molar-refractivity contribution is 6.42. The highest BCUT2D eigenvalue weighted by Crippen LogP contribution is 2.40. The van der Waals surface area contributed by atoms with E-state index in [1.165, 1.54) is 0 Å². The van der Waals surface area contributed by atoms with Gasteiger partial charge in [-0.2, -0.15) is 0 Å². The Bertz CT molecular complexity index is 921. The number of methoxy groups -OCH3 is 3. The zero-order valence-electron chi connectivity index (χ0n) is 16.4. The summed E-state index contributed by atoms with van der Waals surface area (Å²) in [7, 11) is 4.81. The van der Waals surface area contributed by atoms with Crippen LogP contribution in [0.25, 0.3) is 5.57 Å². The normalized spacial score (nSPS) is 13.6. The second-order valence-electron chi connectivity index (χ2n) is 6.39. The number of amides is 2. The molecule has 2 amide bonds. The first-order chi connectivity index (χ1) is 14.0. The topological polar surface area (TPSA) is 60.0 Å². The monoisotopic (exact) mass is 436 g/mol. The minimum Gasteiger partial charge on any atom is -0.496 e. The number of hydrogen-bond donors (Lipinski definition) is 1. The minimum atomic E-state index is -0.202. The van der Waals surface area contributed by atoms with E-state index < -0.39 is 0 Å². The van der Waals surface area contributed by atoms with Gasteiger partial charge in [0.1, 0.15) is 17.2 Å². The van der Waals surface area contributed by atoms with Crippen LogP contribution in [0.1, 0.15) is 12.0 Å². The molecule has 3 rings (SSSR count). The summed E-state index contributed by atoms with van der Waals surface area (Å²) in [6.45, 7) is 1.01. The molecule has 29 heavy (non-hydrogen) atoms. The van der Waals surface area contributed by atoms with Crippen LogP contribution in [-0.2, 0) is 0 Å². The summed E-state index contributed by atoms with van der Waals surface area (Å²) in [5.41, 5.74) is 2.53. The van der Waals surface area contributed by atoms with Crippen molar-refractivity contribution in [3.05, 3.63) is 52.0 Å². The Balaban J connectivity index is 1.76. The number of ether oxygens (including phenoxy) is 3. The first-order valence-corrected chi connectivity index (χ1v) is 9.72. The van der Waals surface area contributed by atoms with Gasteiger partial charge in [0.15, 0.2) is 0 Å². The number of nitrogens with zero attached hydrogens (tertiary/aromatic N) is 1. The largest absolute Gasteiger partial charge is 0.496 e. The number of carbonyl (C=O) groups is 1. The van der Waals surface area contributed by atoms with Gasteiger partial charge in [-0.05, 0) is 30.2 Å². The lowest BCUT2D eigenvalue weighted by Gasteiger charge is -2.28.